The van der Waals surface area contributed by atoms with Crippen molar-refractivity contribution in [3.63, 3.8) is 0 Å². The molecule has 19 heavy (non-hydrogen) atoms. The first kappa shape index (κ1) is 15.2. The number of rotatable bonds is 6. The van der Waals surface area contributed by atoms with Crippen molar-refractivity contribution in [1.82, 2.24) is 5.32 Å². The normalized spacial score (nSPS) is 11.0. The highest BCUT2D eigenvalue weighted by molar-refractivity contribution is 5.99. The summed E-state index contributed by atoms with van der Waals surface area (Å²) in [6, 6.07) is 4.64. The van der Waals surface area contributed by atoms with Crippen LogP contribution < -0.4 is 14.8 Å². The summed E-state index contributed by atoms with van der Waals surface area (Å²) in [5, 5.41) is 10.5. The number of benzene rings is 1. The molecule has 1 aromatic rings. The van der Waals surface area contributed by atoms with Gasteiger partial charge in [0.05, 0.1) is 20.8 Å². The molecule has 1 rings (SSSR count). The van der Waals surface area contributed by atoms with E-state index in [2.05, 4.69) is 0 Å². The number of aliphatic hydroxyl groups excluding tert-OH is 1. The molecular weight excluding hydrogens is 260 g/mol. The molecule has 0 fully saturated rings. The zero-order valence-electron chi connectivity index (χ0n) is 10.6. The van der Waals surface area contributed by atoms with E-state index < -0.39 is 25.0 Å². The Hall–Kier alpha value is -1.89. The van der Waals surface area contributed by atoms with Crippen LogP contribution in [0.3, 0.4) is 0 Å². The Bertz CT molecular complexity index is 429. The van der Waals surface area contributed by atoms with Gasteiger partial charge in [-0.3, -0.25) is 4.79 Å². The lowest BCUT2D eigenvalue weighted by molar-refractivity contribution is -0.0462. The molecule has 0 aliphatic carbocycles. The molecule has 5 nitrogen and oxygen atoms in total. The number of ether oxygens (including phenoxy) is 2. The summed E-state index contributed by atoms with van der Waals surface area (Å²) >= 11 is 0. The lowest BCUT2D eigenvalue weighted by Gasteiger charge is -2.16. The largest absolute Gasteiger partial charge is 0.496 e. The number of aliphatic hydroxyl groups is 1. The number of alkyl halides is 2. The fourth-order valence-corrected chi connectivity index (χ4v) is 1.43. The minimum atomic E-state index is -3.37. The van der Waals surface area contributed by atoms with Gasteiger partial charge in [0.2, 0.25) is 0 Å². The second-order valence-corrected chi connectivity index (χ2v) is 3.73. The van der Waals surface area contributed by atoms with Crippen LogP contribution in [0.5, 0.6) is 11.5 Å². The van der Waals surface area contributed by atoms with Gasteiger partial charge in [0.25, 0.3) is 11.8 Å². The van der Waals surface area contributed by atoms with Crippen LogP contribution in [0.2, 0.25) is 0 Å². The highest BCUT2D eigenvalue weighted by Crippen LogP contribution is 2.28. The van der Waals surface area contributed by atoms with Crippen LogP contribution in [-0.2, 0) is 0 Å². The Kier molecular flexibility index (Phi) is 5.05. The van der Waals surface area contributed by atoms with E-state index in [0.717, 1.165) is 0 Å². The summed E-state index contributed by atoms with van der Waals surface area (Å²) in [7, 11) is 2.71. The predicted octanol–water partition coefficient (Wildman–Crippen LogP) is 1.06. The van der Waals surface area contributed by atoms with Crippen LogP contribution in [-0.4, -0.2) is 44.3 Å². The molecule has 0 bridgehead atoms. The second-order valence-electron chi connectivity index (χ2n) is 3.73. The summed E-state index contributed by atoms with van der Waals surface area (Å²) < 4.78 is 35.7. The van der Waals surface area contributed by atoms with E-state index in [1.807, 2.05) is 5.32 Å². The van der Waals surface area contributed by atoms with Crippen molar-refractivity contribution in [2.45, 2.75) is 5.92 Å². The molecule has 2 N–H and O–H groups in total. The highest BCUT2D eigenvalue weighted by Gasteiger charge is 2.29. The summed E-state index contributed by atoms with van der Waals surface area (Å²) in [6.45, 7) is -2.31. The molecule has 0 radical (unpaired) electrons. The standard InChI is InChI=1S/C12H15F2NO4/c1-18-8-4-3-5-9(19-2)10(8)11(17)15-6-12(13,14)7-16/h3-5,16H,6-7H2,1-2H3,(H,15,17). The van der Waals surface area contributed by atoms with Crippen molar-refractivity contribution < 1.29 is 28.2 Å². The van der Waals surface area contributed by atoms with Gasteiger partial charge >= 0.3 is 0 Å². The van der Waals surface area contributed by atoms with Crippen LogP contribution in [0.1, 0.15) is 10.4 Å². The lowest BCUT2D eigenvalue weighted by Crippen LogP contribution is -2.39. The van der Waals surface area contributed by atoms with Gasteiger partial charge in [-0.25, -0.2) is 8.78 Å². The summed E-state index contributed by atoms with van der Waals surface area (Å²) in [6.07, 6.45) is 0. The van der Waals surface area contributed by atoms with Gasteiger partial charge < -0.3 is 19.9 Å². The Balaban J connectivity index is 2.93. The molecule has 0 saturated carbocycles. The van der Waals surface area contributed by atoms with Gasteiger partial charge in [0.1, 0.15) is 23.7 Å². The first-order valence-corrected chi connectivity index (χ1v) is 5.43. The second kappa shape index (κ2) is 6.33. The molecule has 0 aliphatic heterocycles. The Morgan fingerprint density at radius 3 is 2.26 bits per heavy atom. The first-order valence-electron chi connectivity index (χ1n) is 5.43. The molecule has 0 unspecified atom stereocenters. The predicted molar refractivity (Wildman–Crippen MR) is 63.9 cm³/mol. The van der Waals surface area contributed by atoms with Crippen molar-refractivity contribution in [3.8, 4) is 11.5 Å². The Morgan fingerprint density at radius 1 is 1.32 bits per heavy atom. The maximum atomic E-state index is 12.9. The van der Waals surface area contributed by atoms with Crippen molar-refractivity contribution in [2.24, 2.45) is 0 Å². The minimum Gasteiger partial charge on any atom is -0.496 e. The van der Waals surface area contributed by atoms with Gasteiger partial charge in [0, 0.05) is 0 Å². The summed E-state index contributed by atoms with van der Waals surface area (Å²) in [5.41, 5.74) is 0.0289. The first-order chi connectivity index (χ1) is 8.95. The average molecular weight is 275 g/mol. The van der Waals surface area contributed by atoms with Crippen LogP contribution in [0.15, 0.2) is 18.2 Å². The highest BCUT2D eigenvalue weighted by atomic mass is 19.3. The molecule has 0 saturated heterocycles. The molecule has 0 aromatic heterocycles. The number of amides is 1. The smallest absolute Gasteiger partial charge is 0.287 e. The maximum Gasteiger partial charge on any atom is 0.287 e. The van der Waals surface area contributed by atoms with Gasteiger partial charge in [-0.1, -0.05) is 6.07 Å². The third kappa shape index (κ3) is 3.78. The summed E-state index contributed by atoms with van der Waals surface area (Å²) in [4.78, 5) is 11.9. The number of hydrogen-bond donors (Lipinski definition) is 2. The van der Waals surface area contributed by atoms with Crippen molar-refractivity contribution in [1.29, 1.82) is 0 Å². The Morgan fingerprint density at radius 2 is 1.84 bits per heavy atom. The van der Waals surface area contributed by atoms with E-state index in [-0.39, 0.29) is 17.1 Å². The number of nitrogens with one attached hydrogen (secondary N) is 1. The molecule has 0 heterocycles. The van der Waals surface area contributed by atoms with Crippen LogP contribution >= 0.6 is 0 Å². The maximum absolute atomic E-state index is 12.9. The van der Waals surface area contributed by atoms with E-state index in [0.29, 0.717) is 0 Å². The third-order valence-electron chi connectivity index (χ3n) is 2.39. The van der Waals surface area contributed by atoms with E-state index >= 15 is 0 Å². The third-order valence-corrected chi connectivity index (χ3v) is 2.39. The number of halogens is 2. The van der Waals surface area contributed by atoms with E-state index in [9.17, 15) is 13.6 Å². The lowest BCUT2D eigenvalue weighted by atomic mass is 10.1. The minimum absolute atomic E-state index is 0.0289. The van der Waals surface area contributed by atoms with Crippen LogP contribution in [0, 0.1) is 0 Å². The molecule has 1 aromatic carbocycles. The van der Waals surface area contributed by atoms with Gasteiger partial charge in [-0.2, -0.15) is 0 Å². The molecule has 1 amide bonds. The summed E-state index contributed by atoms with van der Waals surface area (Å²) in [5.74, 6) is -3.71. The van der Waals surface area contributed by atoms with Crippen molar-refractivity contribution in [3.05, 3.63) is 23.8 Å². The van der Waals surface area contributed by atoms with Gasteiger partial charge in [-0.15, -0.1) is 0 Å². The Labute approximate surface area is 109 Å². The molecule has 106 valence electrons. The number of methoxy groups -OCH3 is 2. The van der Waals surface area contributed by atoms with E-state index in [1.165, 1.54) is 26.4 Å². The number of hydrogen-bond acceptors (Lipinski definition) is 4. The van der Waals surface area contributed by atoms with E-state index in [1.54, 1.807) is 6.07 Å². The van der Waals surface area contributed by atoms with Crippen molar-refractivity contribution in [2.75, 3.05) is 27.4 Å². The van der Waals surface area contributed by atoms with Crippen molar-refractivity contribution >= 4 is 5.91 Å². The molecule has 0 aliphatic rings. The number of carbonyl (C=O) groups is 1. The van der Waals surface area contributed by atoms with Crippen LogP contribution in [0.4, 0.5) is 8.78 Å². The monoisotopic (exact) mass is 275 g/mol. The van der Waals surface area contributed by atoms with E-state index in [4.69, 9.17) is 14.6 Å². The molecular formula is C12H15F2NO4. The SMILES string of the molecule is COc1cccc(OC)c1C(=O)NCC(F)(F)CO. The average Bonchev–Trinajstić information content (AvgIpc) is 2.43. The zero-order chi connectivity index (χ0) is 14.5. The fraction of sp³-hybridized carbons (Fsp3) is 0.417. The molecule has 0 atom stereocenters. The number of carbonyl (C=O) groups excluding carboxylic acids is 1. The van der Waals surface area contributed by atoms with Crippen LogP contribution in [0.25, 0.3) is 0 Å². The topological polar surface area (TPSA) is 67.8 Å². The quantitative estimate of drug-likeness (QED) is 0.814. The van der Waals surface area contributed by atoms with Gasteiger partial charge in [-0.05, 0) is 12.1 Å². The zero-order valence-corrected chi connectivity index (χ0v) is 10.6. The fourth-order valence-electron chi connectivity index (χ4n) is 1.43. The molecule has 7 heteroatoms. The van der Waals surface area contributed by atoms with Gasteiger partial charge in [0.15, 0.2) is 0 Å². The molecule has 0 spiro atoms.